The highest BCUT2D eigenvalue weighted by molar-refractivity contribution is 6.30. The Kier molecular flexibility index (Phi) is 5.00. The van der Waals surface area contributed by atoms with Gasteiger partial charge in [-0.2, -0.15) is 0 Å². The topological polar surface area (TPSA) is 25.2 Å². The SMILES string of the molecule is CCCNC(Cc1ccoc1)c1ccc(Cl)c(F)c1. The Morgan fingerprint density at radius 1 is 1.37 bits per heavy atom. The third kappa shape index (κ3) is 3.82. The van der Waals surface area contributed by atoms with E-state index in [4.69, 9.17) is 16.0 Å². The van der Waals surface area contributed by atoms with Crippen molar-refractivity contribution in [2.75, 3.05) is 6.54 Å². The average molecular weight is 282 g/mol. The molecule has 2 rings (SSSR count). The molecule has 1 unspecified atom stereocenters. The molecule has 0 saturated carbocycles. The zero-order valence-corrected chi connectivity index (χ0v) is 11.6. The van der Waals surface area contributed by atoms with Gasteiger partial charge in [-0.25, -0.2) is 4.39 Å². The van der Waals surface area contributed by atoms with Gasteiger partial charge in [-0.15, -0.1) is 0 Å². The van der Waals surface area contributed by atoms with Gasteiger partial charge < -0.3 is 9.73 Å². The van der Waals surface area contributed by atoms with Crippen LogP contribution in [0.3, 0.4) is 0 Å². The van der Waals surface area contributed by atoms with Crippen LogP contribution in [-0.2, 0) is 6.42 Å². The van der Waals surface area contributed by atoms with Gasteiger partial charge in [-0.1, -0.05) is 24.6 Å². The summed E-state index contributed by atoms with van der Waals surface area (Å²) in [6, 6.07) is 6.94. The maximum absolute atomic E-state index is 13.6. The molecule has 0 aliphatic rings. The Bertz CT molecular complexity index is 513. The zero-order chi connectivity index (χ0) is 13.7. The minimum atomic E-state index is -0.380. The molecule has 2 aromatic rings. The predicted octanol–water partition coefficient (Wildman–Crippen LogP) is 4.36. The maximum atomic E-state index is 13.6. The highest BCUT2D eigenvalue weighted by atomic mass is 35.5. The standard InChI is InChI=1S/C15H17ClFNO/c1-2-6-18-15(8-11-5-7-19-10-11)12-3-4-13(16)14(17)9-12/h3-5,7,9-10,15,18H,2,6,8H2,1H3. The lowest BCUT2D eigenvalue weighted by Gasteiger charge is -2.18. The van der Waals surface area contributed by atoms with Crippen LogP contribution in [0.1, 0.15) is 30.5 Å². The van der Waals surface area contributed by atoms with Gasteiger partial charge in [0.05, 0.1) is 17.5 Å². The Morgan fingerprint density at radius 2 is 2.21 bits per heavy atom. The van der Waals surface area contributed by atoms with E-state index in [1.807, 2.05) is 12.1 Å². The lowest BCUT2D eigenvalue weighted by Crippen LogP contribution is -2.24. The second-order valence-electron chi connectivity index (χ2n) is 4.52. The van der Waals surface area contributed by atoms with Crippen LogP contribution in [0.5, 0.6) is 0 Å². The molecule has 0 bridgehead atoms. The third-order valence-corrected chi connectivity index (χ3v) is 3.31. The van der Waals surface area contributed by atoms with Crippen molar-refractivity contribution in [1.29, 1.82) is 0 Å². The van der Waals surface area contributed by atoms with Crippen molar-refractivity contribution in [3.8, 4) is 0 Å². The molecule has 102 valence electrons. The second kappa shape index (κ2) is 6.73. The van der Waals surface area contributed by atoms with E-state index in [0.717, 1.165) is 30.5 Å². The van der Waals surface area contributed by atoms with Gasteiger partial charge in [0.25, 0.3) is 0 Å². The van der Waals surface area contributed by atoms with Crippen molar-refractivity contribution in [1.82, 2.24) is 5.32 Å². The van der Waals surface area contributed by atoms with Gasteiger partial charge in [0, 0.05) is 6.04 Å². The smallest absolute Gasteiger partial charge is 0.142 e. The van der Waals surface area contributed by atoms with E-state index in [1.54, 1.807) is 18.6 Å². The van der Waals surface area contributed by atoms with Gasteiger partial charge >= 0.3 is 0 Å². The fourth-order valence-corrected chi connectivity index (χ4v) is 2.12. The van der Waals surface area contributed by atoms with Crippen LogP contribution in [0.25, 0.3) is 0 Å². The number of rotatable bonds is 6. The van der Waals surface area contributed by atoms with E-state index < -0.39 is 0 Å². The second-order valence-corrected chi connectivity index (χ2v) is 4.92. The fraction of sp³-hybridized carbons (Fsp3) is 0.333. The summed E-state index contributed by atoms with van der Waals surface area (Å²) in [5, 5.41) is 3.57. The first-order valence-electron chi connectivity index (χ1n) is 6.40. The van der Waals surface area contributed by atoms with E-state index in [2.05, 4.69) is 12.2 Å². The highest BCUT2D eigenvalue weighted by Crippen LogP contribution is 2.23. The Morgan fingerprint density at radius 3 is 2.84 bits per heavy atom. The average Bonchev–Trinajstić information content (AvgIpc) is 2.91. The molecule has 0 amide bonds. The number of halogens is 2. The molecular formula is C15H17ClFNO. The molecule has 19 heavy (non-hydrogen) atoms. The molecule has 0 aliphatic heterocycles. The van der Waals surface area contributed by atoms with Gasteiger partial charge in [-0.3, -0.25) is 0 Å². The number of hydrogen-bond acceptors (Lipinski definition) is 2. The molecule has 0 saturated heterocycles. The molecule has 4 heteroatoms. The Hall–Kier alpha value is -1.32. The normalized spacial score (nSPS) is 12.6. The monoisotopic (exact) mass is 281 g/mol. The number of benzene rings is 1. The van der Waals surface area contributed by atoms with E-state index >= 15 is 0 Å². The predicted molar refractivity (Wildman–Crippen MR) is 74.9 cm³/mol. The molecule has 1 heterocycles. The van der Waals surface area contributed by atoms with Crippen LogP contribution in [0.15, 0.2) is 41.2 Å². The first-order chi connectivity index (χ1) is 9.20. The molecule has 2 nitrogen and oxygen atoms in total. The summed E-state index contributed by atoms with van der Waals surface area (Å²) in [5.74, 6) is -0.380. The molecule has 0 radical (unpaired) electrons. The minimum Gasteiger partial charge on any atom is -0.472 e. The molecule has 1 atom stereocenters. The summed E-state index contributed by atoms with van der Waals surface area (Å²) in [6.07, 6.45) is 5.15. The van der Waals surface area contributed by atoms with Crippen LogP contribution < -0.4 is 5.32 Å². The lowest BCUT2D eigenvalue weighted by molar-refractivity contribution is 0.517. The highest BCUT2D eigenvalue weighted by Gasteiger charge is 2.14. The Balaban J connectivity index is 2.18. The van der Waals surface area contributed by atoms with Crippen LogP contribution in [0, 0.1) is 5.82 Å². The number of hydrogen-bond donors (Lipinski definition) is 1. The van der Waals surface area contributed by atoms with Crippen molar-refractivity contribution in [3.05, 3.63) is 58.8 Å². The third-order valence-electron chi connectivity index (χ3n) is 3.01. The quantitative estimate of drug-likeness (QED) is 0.851. The zero-order valence-electron chi connectivity index (χ0n) is 10.8. The lowest BCUT2D eigenvalue weighted by atomic mass is 10.00. The summed E-state index contributed by atoms with van der Waals surface area (Å²) < 4.78 is 18.6. The Labute approximate surface area is 117 Å². The van der Waals surface area contributed by atoms with Crippen molar-refractivity contribution >= 4 is 11.6 Å². The number of nitrogens with one attached hydrogen (secondary N) is 1. The summed E-state index contributed by atoms with van der Waals surface area (Å²) in [7, 11) is 0. The first-order valence-corrected chi connectivity index (χ1v) is 6.78. The van der Waals surface area contributed by atoms with Crippen molar-refractivity contribution in [2.24, 2.45) is 0 Å². The van der Waals surface area contributed by atoms with Crippen LogP contribution in [0.2, 0.25) is 5.02 Å². The van der Waals surface area contributed by atoms with Crippen molar-refractivity contribution in [3.63, 3.8) is 0 Å². The van der Waals surface area contributed by atoms with E-state index in [9.17, 15) is 4.39 Å². The summed E-state index contributed by atoms with van der Waals surface area (Å²) >= 11 is 5.72. The molecular weight excluding hydrogens is 265 g/mol. The number of furan rings is 1. The van der Waals surface area contributed by atoms with E-state index in [-0.39, 0.29) is 16.9 Å². The van der Waals surface area contributed by atoms with Crippen molar-refractivity contribution < 1.29 is 8.81 Å². The van der Waals surface area contributed by atoms with Crippen LogP contribution in [0.4, 0.5) is 4.39 Å². The van der Waals surface area contributed by atoms with E-state index in [1.165, 1.54) is 6.07 Å². The van der Waals surface area contributed by atoms with Gasteiger partial charge in [0.2, 0.25) is 0 Å². The van der Waals surface area contributed by atoms with E-state index in [0.29, 0.717) is 0 Å². The van der Waals surface area contributed by atoms with Gasteiger partial charge in [0.1, 0.15) is 5.82 Å². The summed E-state index contributed by atoms with van der Waals surface area (Å²) in [6.45, 7) is 2.98. The maximum Gasteiger partial charge on any atom is 0.142 e. The molecule has 1 aromatic carbocycles. The molecule has 1 aromatic heterocycles. The van der Waals surface area contributed by atoms with Crippen molar-refractivity contribution in [2.45, 2.75) is 25.8 Å². The molecule has 0 spiro atoms. The largest absolute Gasteiger partial charge is 0.472 e. The summed E-state index contributed by atoms with van der Waals surface area (Å²) in [5.41, 5.74) is 1.99. The van der Waals surface area contributed by atoms with Crippen LogP contribution in [-0.4, -0.2) is 6.54 Å². The molecule has 0 fully saturated rings. The first kappa shape index (κ1) is 14.1. The van der Waals surface area contributed by atoms with Gasteiger partial charge in [-0.05, 0) is 48.7 Å². The minimum absolute atomic E-state index is 0.0596. The van der Waals surface area contributed by atoms with Gasteiger partial charge in [0.15, 0.2) is 0 Å². The summed E-state index contributed by atoms with van der Waals surface area (Å²) in [4.78, 5) is 0. The fourth-order valence-electron chi connectivity index (χ4n) is 2.00. The van der Waals surface area contributed by atoms with Crippen LogP contribution >= 0.6 is 11.6 Å². The molecule has 1 N–H and O–H groups in total. The molecule has 0 aliphatic carbocycles.